The number of ether oxygens (including phenoxy) is 3. The highest BCUT2D eigenvalue weighted by Gasteiger charge is 2.29. The standard InChI is InChI=1S/C44H77NO7/c1-3-5-7-9-11-13-15-17-19-21-23-25-27-29-31-33-42(47)50-37-39(38-51-44(49)40-35-36-41(46)45-40)52-43(48)34-32-30-28-26-24-22-20-18-16-14-12-10-8-6-4-2/h17-20,39-40H,3-16,21-38H2,1-2H3,(H,45,46)/t39?,40-/m0/s1. The van der Waals surface area contributed by atoms with Crippen LogP contribution in [0.2, 0.25) is 0 Å². The summed E-state index contributed by atoms with van der Waals surface area (Å²) in [6.45, 7) is 4.12. The molecule has 0 aliphatic carbocycles. The molecule has 1 unspecified atom stereocenters. The molecule has 0 radical (unpaired) electrons. The Labute approximate surface area is 318 Å². The van der Waals surface area contributed by atoms with Crippen LogP contribution in [0, 0.1) is 0 Å². The Kier molecular flexibility index (Phi) is 32.2. The lowest BCUT2D eigenvalue weighted by molar-refractivity contribution is -0.167. The SMILES string of the molecule is CCCCCCCCC=CCCCCCCCC(=O)OCC(COC(=O)[C@@H]1CCC(=O)N1)OC(=O)CCCCCCCC=CCCCCCCCC. The van der Waals surface area contributed by atoms with E-state index in [1.165, 1.54) is 96.3 Å². The van der Waals surface area contributed by atoms with Crippen LogP contribution < -0.4 is 5.32 Å². The van der Waals surface area contributed by atoms with Gasteiger partial charge >= 0.3 is 17.9 Å². The average Bonchev–Trinajstić information content (AvgIpc) is 3.58. The summed E-state index contributed by atoms with van der Waals surface area (Å²) in [5.74, 6) is -1.48. The molecule has 1 fully saturated rings. The first-order chi connectivity index (χ1) is 25.5. The Morgan fingerprint density at radius 1 is 0.577 bits per heavy atom. The van der Waals surface area contributed by atoms with E-state index in [4.69, 9.17) is 14.2 Å². The van der Waals surface area contributed by atoms with Crippen LogP contribution in [0.5, 0.6) is 0 Å². The van der Waals surface area contributed by atoms with Gasteiger partial charge in [-0.2, -0.15) is 0 Å². The summed E-state index contributed by atoms with van der Waals surface area (Å²) < 4.78 is 16.4. The quantitative estimate of drug-likeness (QED) is 0.0296. The van der Waals surface area contributed by atoms with Crippen molar-refractivity contribution in [1.82, 2.24) is 5.32 Å². The molecule has 52 heavy (non-hydrogen) atoms. The Balaban J connectivity index is 2.22. The molecule has 8 heteroatoms. The Morgan fingerprint density at radius 2 is 0.981 bits per heavy atom. The molecular formula is C44H77NO7. The Morgan fingerprint density at radius 3 is 1.42 bits per heavy atom. The van der Waals surface area contributed by atoms with E-state index in [0.29, 0.717) is 12.8 Å². The van der Waals surface area contributed by atoms with Gasteiger partial charge in [0.05, 0.1) is 0 Å². The van der Waals surface area contributed by atoms with E-state index in [1.54, 1.807) is 0 Å². The number of nitrogens with one attached hydrogen (secondary N) is 1. The van der Waals surface area contributed by atoms with E-state index in [2.05, 4.69) is 43.5 Å². The second-order valence-corrected chi connectivity index (χ2v) is 14.8. The van der Waals surface area contributed by atoms with Gasteiger partial charge in [-0.25, -0.2) is 4.79 Å². The third-order valence-electron chi connectivity index (χ3n) is 9.71. The molecule has 1 aliphatic rings. The average molecular weight is 732 g/mol. The van der Waals surface area contributed by atoms with E-state index in [1.807, 2.05) is 0 Å². The molecule has 0 aromatic carbocycles. The third kappa shape index (κ3) is 29.9. The summed E-state index contributed by atoms with van der Waals surface area (Å²) in [4.78, 5) is 49.0. The summed E-state index contributed by atoms with van der Waals surface area (Å²) in [7, 11) is 0. The molecule has 1 N–H and O–H groups in total. The number of esters is 3. The third-order valence-corrected chi connectivity index (χ3v) is 9.71. The summed E-state index contributed by atoms with van der Waals surface area (Å²) in [5, 5.41) is 2.59. The minimum Gasteiger partial charge on any atom is -0.462 e. The van der Waals surface area contributed by atoms with Crippen molar-refractivity contribution < 1.29 is 33.4 Å². The molecule has 1 heterocycles. The maximum atomic E-state index is 12.6. The number of carbonyl (C=O) groups excluding carboxylic acids is 4. The molecule has 2 atom stereocenters. The molecule has 300 valence electrons. The van der Waals surface area contributed by atoms with Crippen LogP contribution in [0.3, 0.4) is 0 Å². The van der Waals surface area contributed by atoms with Gasteiger partial charge in [0.15, 0.2) is 6.10 Å². The highest BCUT2D eigenvalue weighted by molar-refractivity contribution is 5.88. The fourth-order valence-electron chi connectivity index (χ4n) is 6.37. The minimum atomic E-state index is -0.880. The molecule has 1 amide bonds. The zero-order chi connectivity index (χ0) is 37.7. The van der Waals surface area contributed by atoms with Gasteiger partial charge in [-0.1, -0.05) is 141 Å². The van der Waals surface area contributed by atoms with Crippen molar-refractivity contribution in [2.24, 2.45) is 0 Å². The number of allylic oxidation sites excluding steroid dienone is 4. The van der Waals surface area contributed by atoms with Crippen LogP contribution in [0.4, 0.5) is 0 Å². The zero-order valence-electron chi connectivity index (χ0n) is 33.4. The van der Waals surface area contributed by atoms with Crippen molar-refractivity contribution in [3.8, 4) is 0 Å². The molecule has 0 aromatic heterocycles. The number of carbonyl (C=O) groups is 4. The first-order valence-electron chi connectivity index (χ1n) is 21.6. The Bertz CT molecular complexity index is 962. The van der Waals surface area contributed by atoms with Crippen LogP contribution in [-0.2, 0) is 33.4 Å². The summed E-state index contributed by atoms with van der Waals surface area (Å²) >= 11 is 0. The van der Waals surface area contributed by atoms with Crippen molar-refractivity contribution in [3.63, 3.8) is 0 Å². The fourth-order valence-corrected chi connectivity index (χ4v) is 6.37. The lowest BCUT2D eigenvalue weighted by atomic mass is 10.1. The predicted molar refractivity (Wildman–Crippen MR) is 212 cm³/mol. The van der Waals surface area contributed by atoms with Gasteiger partial charge in [0.2, 0.25) is 5.91 Å². The van der Waals surface area contributed by atoms with Gasteiger partial charge in [0.25, 0.3) is 0 Å². The molecule has 1 saturated heterocycles. The van der Waals surface area contributed by atoms with Crippen molar-refractivity contribution in [1.29, 1.82) is 0 Å². The molecular weight excluding hydrogens is 654 g/mol. The van der Waals surface area contributed by atoms with Crippen LogP contribution in [0.15, 0.2) is 24.3 Å². The molecule has 1 aliphatic heterocycles. The van der Waals surface area contributed by atoms with Gasteiger partial charge in [0.1, 0.15) is 19.3 Å². The minimum absolute atomic E-state index is 0.160. The molecule has 0 aromatic rings. The largest absolute Gasteiger partial charge is 0.462 e. The normalized spacial score (nSPS) is 15.0. The van der Waals surface area contributed by atoms with Gasteiger partial charge in [-0.15, -0.1) is 0 Å². The van der Waals surface area contributed by atoms with E-state index in [0.717, 1.165) is 70.6 Å². The van der Waals surface area contributed by atoms with Gasteiger partial charge in [0, 0.05) is 19.3 Å². The summed E-state index contributed by atoms with van der Waals surface area (Å²) in [6, 6.07) is -0.691. The van der Waals surface area contributed by atoms with E-state index >= 15 is 0 Å². The molecule has 0 bridgehead atoms. The summed E-state index contributed by atoms with van der Waals surface area (Å²) in [6.07, 6.45) is 40.4. The maximum Gasteiger partial charge on any atom is 0.328 e. The lowest BCUT2D eigenvalue weighted by Gasteiger charge is -2.19. The second kappa shape index (κ2) is 35.4. The number of amides is 1. The predicted octanol–water partition coefficient (Wildman–Crippen LogP) is 11.3. The van der Waals surface area contributed by atoms with Gasteiger partial charge < -0.3 is 19.5 Å². The fraction of sp³-hybridized carbons (Fsp3) is 0.818. The molecule has 0 saturated carbocycles. The van der Waals surface area contributed by atoms with Crippen LogP contribution >= 0.6 is 0 Å². The van der Waals surface area contributed by atoms with Gasteiger partial charge in [-0.05, 0) is 70.6 Å². The zero-order valence-corrected chi connectivity index (χ0v) is 33.4. The smallest absolute Gasteiger partial charge is 0.328 e. The van der Waals surface area contributed by atoms with Crippen LogP contribution in [0.25, 0.3) is 0 Å². The first-order valence-corrected chi connectivity index (χ1v) is 21.6. The topological polar surface area (TPSA) is 108 Å². The number of rotatable bonds is 36. The second-order valence-electron chi connectivity index (χ2n) is 14.8. The number of unbranched alkanes of at least 4 members (excludes halogenated alkanes) is 22. The molecule has 1 rings (SSSR count). The highest BCUT2D eigenvalue weighted by atomic mass is 16.6. The van der Waals surface area contributed by atoms with E-state index in [9.17, 15) is 19.2 Å². The lowest BCUT2D eigenvalue weighted by Crippen LogP contribution is -2.37. The van der Waals surface area contributed by atoms with Crippen molar-refractivity contribution in [3.05, 3.63) is 24.3 Å². The summed E-state index contributed by atoms with van der Waals surface area (Å²) in [5.41, 5.74) is 0. The first kappa shape index (κ1) is 47.4. The van der Waals surface area contributed by atoms with E-state index in [-0.39, 0.29) is 43.9 Å². The van der Waals surface area contributed by atoms with E-state index < -0.39 is 18.1 Å². The van der Waals surface area contributed by atoms with Crippen molar-refractivity contribution in [2.75, 3.05) is 13.2 Å². The Hall–Kier alpha value is -2.64. The molecule has 0 spiro atoms. The van der Waals surface area contributed by atoms with Crippen LogP contribution in [0.1, 0.15) is 206 Å². The monoisotopic (exact) mass is 732 g/mol. The van der Waals surface area contributed by atoms with Crippen molar-refractivity contribution in [2.45, 2.75) is 219 Å². The molecule has 8 nitrogen and oxygen atoms in total. The maximum absolute atomic E-state index is 12.6. The van der Waals surface area contributed by atoms with Gasteiger partial charge in [-0.3, -0.25) is 14.4 Å². The highest BCUT2D eigenvalue weighted by Crippen LogP contribution is 2.14. The number of hydrogen-bond acceptors (Lipinski definition) is 7. The number of hydrogen-bond donors (Lipinski definition) is 1. The van der Waals surface area contributed by atoms with Crippen LogP contribution in [-0.4, -0.2) is 49.2 Å². The van der Waals surface area contributed by atoms with Crippen molar-refractivity contribution >= 4 is 23.8 Å².